The molecule has 1 aromatic heterocycles. The molecule has 2 rings (SSSR count). The van der Waals surface area contributed by atoms with Gasteiger partial charge in [0.1, 0.15) is 23.8 Å². The summed E-state index contributed by atoms with van der Waals surface area (Å²) in [5, 5.41) is 5.56. The van der Waals surface area contributed by atoms with Gasteiger partial charge in [-0.05, 0) is 19.3 Å². The Bertz CT molecular complexity index is 489. The summed E-state index contributed by atoms with van der Waals surface area (Å²) in [7, 11) is 1.49. The summed E-state index contributed by atoms with van der Waals surface area (Å²) in [6.45, 7) is 2.83. The van der Waals surface area contributed by atoms with Crippen LogP contribution in [0.4, 0.5) is 24.8 Å². The van der Waals surface area contributed by atoms with Crippen molar-refractivity contribution >= 4 is 11.6 Å². The number of hydrogen-bond acceptors (Lipinski definition) is 5. The van der Waals surface area contributed by atoms with Gasteiger partial charge in [-0.2, -0.15) is 13.2 Å². The standard InChI is InChI=1S/C13H19F3N4O/c1-3-6-17-9-7-10(19-11(18-9)8-21-2)20-12(4-5-12)13(14,15)16/h7H,3-6,8H2,1-2H3,(H2,17,18,19,20). The third-order valence-electron chi connectivity index (χ3n) is 3.26. The fourth-order valence-corrected chi connectivity index (χ4v) is 1.95. The highest BCUT2D eigenvalue weighted by molar-refractivity contribution is 5.50. The van der Waals surface area contributed by atoms with E-state index in [2.05, 4.69) is 20.6 Å². The Morgan fingerprint density at radius 1 is 1.29 bits per heavy atom. The minimum Gasteiger partial charge on any atom is -0.377 e. The first kappa shape index (κ1) is 15.8. The lowest BCUT2D eigenvalue weighted by Crippen LogP contribution is -2.39. The summed E-state index contributed by atoms with van der Waals surface area (Å²) in [5.41, 5.74) is -1.84. The van der Waals surface area contributed by atoms with Gasteiger partial charge in [0.25, 0.3) is 0 Å². The van der Waals surface area contributed by atoms with Crippen molar-refractivity contribution in [3.63, 3.8) is 0 Å². The van der Waals surface area contributed by atoms with E-state index in [1.165, 1.54) is 13.2 Å². The number of alkyl halides is 3. The molecule has 1 heterocycles. The molecule has 1 fully saturated rings. The second kappa shape index (κ2) is 6.05. The normalized spacial score (nSPS) is 16.6. The van der Waals surface area contributed by atoms with Crippen molar-refractivity contribution in [2.75, 3.05) is 24.3 Å². The molecule has 1 saturated carbocycles. The molecule has 0 radical (unpaired) electrons. The lowest BCUT2D eigenvalue weighted by molar-refractivity contribution is -0.151. The van der Waals surface area contributed by atoms with E-state index in [4.69, 9.17) is 4.74 Å². The topological polar surface area (TPSA) is 59.1 Å². The van der Waals surface area contributed by atoms with Gasteiger partial charge in [-0.1, -0.05) is 6.92 Å². The van der Waals surface area contributed by atoms with Gasteiger partial charge in [0.15, 0.2) is 5.82 Å². The van der Waals surface area contributed by atoms with E-state index in [9.17, 15) is 13.2 Å². The van der Waals surface area contributed by atoms with Gasteiger partial charge in [0, 0.05) is 19.7 Å². The number of nitrogens with zero attached hydrogens (tertiary/aromatic N) is 2. The van der Waals surface area contributed by atoms with E-state index in [1.807, 2.05) is 6.92 Å². The van der Waals surface area contributed by atoms with Gasteiger partial charge in [-0.25, -0.2) is 9.97 Å². The molecular weight excluding hydrogens is 285 g/mol. The van der Waals surface area contributed by atoms with Crippen LogP contribution in [-0.2, 0) is 11.3 Å². The first-order valence-corrected chi connectivity index (χ1v) is 6.86. The lowest BCUT2D eigenvalue weighted by Gasteiger charge is -2.22. The first-order chi connectivity index (χ1) is 9.90. The van der Waals surface area contributed by atoms with Crippen LogP contribution in [-0.4, -0.2) is 35.3 Å². The van der Waals surface area contributed by atoms with Crippen molar-refractivity contribution in [1.29, 1.82) is 0 Å². The van der Waals surface area contributed by atoms with E-state index >= 15 is 0 Å². The maximum Gasteiger partial charge on any atom is 0.411 e. The van der Waals surface area contributed by atoms with Gasteiger partial charge in [0.05, 0.1) is 0 Å². The summed E-state index contributed by atoms with van der Waals surface area (Å²) in [6.07, 6.45) is -3.26. The molecule has 0 aromatic carbocycles. The highest BCUT2D eigenvalue weighted by Crippen LogP contribution is 2.51. The smallest absolute Gasteiger partial charge is 0.377 e. The van der Waals surface area contributed by atoms with Crippen molar-refractivity contribution in [3.05, 3.63) is 11.9 Å². The zero-order valence-electron chi connectivity index (χ0n) is 12.0. The first-order valence-electron chi connectivity index (χ1n) is 6.86. The Labute approximate surface area is 121 Å². The van der Waals surface area contributed by atoms with Crippen LogP contribution in [0.25, 0.3) is 0 Å². The molecule has 0 atom stereocenters. The van der Waals surface area contributed by atoms with E-state index < -0.39 is 11.7 Å². The maximum atomic E-state index is 13.0. The number of nitrogens with one attached hydrogen (secondary N) is 2. The molecular formula is C13H19F3N4O. The fraction of sp³-hybridized carbons (Fsp3) is 0.692. The summed E-state index contributed by atoms with van der Waals surface area (Å²) >= 11 is 0. The number of aromatic nitrogens is 2. The van der Waals surface area contributed by atoms with E-state index in [-0.39, 0.29) is 25.3 Å². The van der Waals surface area contributed by atoms with Crippen molar-refractivity contribution in [2.24, 2.45) is 0 Å². The molecule has 0 amide bonds. The molecule has 21 heavy (non-hydrogen) atoms. The number of methoxy groups -OCH3 is 1. The third kappa shape index (κ3) is 3.75. The van der Waals surface area contributed by atoms with Crippen LogP contribution in [0.15, 0.2) is 6.07 Å². The van der Waals surface area contributed by atoms with E-state index in [0.29, 0.717) is 18.2 Å². The highest BCUT2D eigenvalue weighted by Gasteiger charge is 2.63. The number of rotatable bonds is 7. The molecule has 5 nitrogen and oxygen atoms in total. The third-order valence-corrected chi connectivity index (χ3v) is 3.26. The predicted molar refractivity (Wildman–Crippen MR) is 73.2 cm³/mol. The molecule has 8 heteroatoms. The molecule has 1 aliphatic rings. The van der Waals surface area contributed by atoms with E-state index in [0.717, 1.165) is 6.42 Å². The minimum atomic E-state index is -4.28. The summed E-state index contributed by atoms with van der Waals surface area (Å²) in [6, 6.07) is 1.50. The quantitative estimate of drug-likeness (QED) is 0.811. The molecule has 0 saturated heterocycles. The Balaban J connectivity index is 2.19. The van der Waals surface area contributed by atoms with Crippen LogP contribution in [0, 0.1) is 0 Å². The predicted octanol–water partition coefficient (Wildman–Crippen LogP) is 2.95. The zero-order valence-corrected chi connectivity index (χ0v) is 12.0. The zero-order chi connectivity index (χ0) is 15.5. The molecule has 2 N–H and O–H groups in total. The molecule has 0 aliphatic heterocycles. The second-order valence-electron chi connectivity index (χ2n) is 5.12. The number of hydrogen-bond donors (Lipinski definition) is 2. The van der Waals surface area contributed by atoms with Crippen molar-refractivity contribution in [3.8, 4) is 0 Å². The summed E-state index contributed by atoms with van der Waals surface area (Å²) < 4.78 is 43.9. The van der Waals surface area contributed by atoms with Crippen molar-refractivity contribution in [2.45, 2.75) is 44.5 Å². The van der Waals surface area contributed by atoms with Gasteiger partial charge < -0.3 is 15.4 Å². The number of anilines is 2. The monoisotopic (exact) mass is 304 g/mol. The maximum absolute atomic E-state index is 13.0. The lowest BCUT2D eigenvalue weighted by atomic mass is 10.2. The van der Waals surface area contributed by atoms with Crippen LogP contribution in [0.5, 0.6) is 0 Å². The highest BCUT2D eigenvalue weighted by atomic mass is 19.4. The Kier molecular flexibility index (Phi) is 4.55. The minimum absolute atomic E-state index is 0.0673. The van der Waals surface area contributed by atoms with Crippen LogP contribution < -0.4 is 10.6 Å². The SMILES string of the molecule is CCCNc1cc(NC2(C(F)(F)F)CC2)nc(COC)n1. The van der Waals surface area contributed by atoms with Crippen LogP contribution in [0.2, 0.25) is 0 Å². The fourth-order valence-electron chi connectivity index (χ4n) is 1.95. The Morgan fingerprint density at radius 3 is 2.48 bits per heavy atom. The van der Waals surface area contributed by atoms with Gasteiger partial charge in [-0.3, -0.25) is 0 Å². The van der Waals surface area contributed by atoms with Crippen LogP contribution >= 0.6 is 0 Å². The second-order valence-corrected chi connectivity index (χ2v) is 5.12. The average molecular weight is 304 g/mol. The molecule has 1 aliphatic carbocycles. The van der Waals surface area contributed by atoms with Gasteiger partial charge >= 0.3 is 6.18 Å². The number of ether oxygens (including phenoxy) is 1. The molecule has 1 aromatic rings. The largest absolute Gasteiger partial charge is 0.411 e. The van der Waals surface area contributed by atoms with E-state index in [1.54, 1.807) is 0 Å². The molecule has 0 unspecified atom stereocenters. The number of halogens is 3. The van der Waals surface area contributed by atoms with Crippen LogP contribution in [0.3, 0.4) is 0 Å². The van der Waals surface area contributed by atoms with Gasteiger partial charge in [0.2, 0.25) is 0 Å². The molecule has 118 valence electrons. The summed E-state index contributed by atoms with van der Waals surface area (Å²) in [4.78, 5) is 8.29. The van der Waals surface area contributed by atoms with Gasteiger partial charge in [-0.15, -0.1) is 0 Å². The Hall–Kier alpha value is -1.57. The molecule has 0 bridgehead atoms. The van der Waals surface area contributed by atoms with Crippen molar-refractivity contribution < 1.29 is 17.9 Å². The average Bonchev–Trinajstić information content (AvgIpc) is 3.17. The van der Waals surface area contributed by atoms with Crippen LogP contribution in [0.1, 0.15) is 32.0 Å². The summed E-state index contributed by atoms with van der Waals surface area (Å²) in [5.74, 6) is 1.02. The Morgan fingerprint density at radius 2 is 1.95 bits per heavy atom. The van der Waals surface area contributed by atoms with Crippen molar-refractivity contribution in [1.82, 2.24) is 9.97 Å². The molecule has 0 spiro atoms.